The van der Waals surface area contributed by atoms with Crippen molar-refractivity contribution in [3.8, 4) is 0 Å². The minimum atomic E-state index is -3.75. The molecule has 0 aliphatic carbocycles. The number of anilines is 1. The summed E-state index contributed by atoms with van der Waals surface area (Å²) in [7, 11) is -3.75. The molecule has 0 aromatic heterocycles. The van der Waals surface area contributed by atoms with Gasteiger partial charge in [0.1, 0.15) is 11.8 Å². The lowest BCUT2D eigenvalue weighted by atomic mass is 10.1. The van der Waals surface area contributed by atoms with E-state index in [0.717, 1.165) is 5.69 Å². The van der Waals surface area contributed by atoms with Gasteiger partial charge in [0.25, 0.3) is 0 Å². The molecule has 1 aromatic rings. The third-order valence-electron chi connectivity index (χ3n) is 4.89. The second-order valence-corrected chi connectivity index (χ2v) is 8.44. The summed E-state index contributed by atoms with van der Waals surface area (Å²) in [6.07, 6.45) is 2.17. The number of ether oxygens (including phenoxy) is 1. The number of ketones is 1. The fourth-order valence-corrected chi connectivity index (χ4v) is 5.13. The van der Waals surface area contributed by atoms with Crippen LogP contribution in [0, 0.1) is 0 Å². The van der Waals surface area contributed by atoms with E-state index in [4.69, 9.17) is 4.74 Å². The van der Waals surface area contributed by atoms with Crippen LogP contribution in [-0.2, 0) is 24.3 Å². The van der Waals surface area contributed by atoms with Gasteiger partial charge in [0, 0.05) is 38.2 Å². The lowest BCUT2D eigenvalue weighted by molar-refractivity contribution is -0.146. The maximum Gasteiger partial charge on any atom is 0.324 e. The fraction of sp³-hybridized carbons (Fsp3) is 0.556. The van der Waals surface area contributed by atoms with E-state index in [1.54, 1.807) is 31.2 Å². The number of carbonyl (C=O) groups excluding carboxylic acids is 2. The molecule has 142 valence electrons. The Labute approximate surface area is 154 Å². The Hall–Kier alpha value is -1.93. The molecule has 0 amide bonds. The lowest BCUT2D eigenvalue weighted by Gasteiger charge is -2.28. The Kier molecular flexibility index (Phi) is 5.62. The monoisotopic (exact) mass is 380 g/mol. The van der Waals surface area contributed by atoms with Gasteiger partial charge in [-0.3, -0.25) is 9.59 Å². The number of piperidine rings is 1. The predicted molar refractivity (Wildman–Crippen MR) is 96.4 cm³/mol. The average Bonchev–Trinajstić information content (AvgIpc) is 3.13. The smallest absolute Gasteiger partial charge is 0.324 e. The van der Waals surface area contributed by atoms with Gasteiger partial charge in [0.2, 0.25) is 10.0 Å². The van der Waals surface area contributed by atoms with E-state index < -0.39 is 22.0 Å². The summed E-state index contributed by atoms with van der Waals surface area (Å²) in [4.78, 5) is 25.7. The second-order valence-electron chi connectivity index (χ2n) is 6.55. The Balaban J connectivity index is 1.77. The van der Waals surface area contributed by atoms with Crippen LogP contribution in [0.5, 0.6) is 0 Å². The molecule has 7 nitrogen and oxygen atoms in total. The number of hydrogen-bond acceptors (Lipinski definition) is 6. The first-order valence-corrected chi connectivity index (χ1v) is 10.4. The highest BCUT2D eigenvalue weighted by Crippen LogP contribution is 2.28. The number of esters is 1. The van der Waals surface area contributed by atoms with Gasteiger partial charge in [-0.2, -0.15) is 4.31 Å². The van der Waals surface area contributed by atoms with E-state index in [9.17, 15) is 18.0 Å². The van der Waals surface area contributed by atoms with E-state index in [1.807, 2.05) is 0 Å². The molecule has 1 atom stereocenters. The molecule has 0 unspecified atom stereocenters. The molecule has 0 N–H and O–H groups in total. The van der Waals surface area contributed by atoms with Crippen molar-refractivity contribution in [1.29, 1.82) is 0 Å². The first kappa shape index (κ1) is 18.8. The summed E-state index contributed by atoms with van der Waals surface area (Å²) in [6, 6.07) is 5.92. The van der Waals surface area contributed by atoms with E-state index >= 15 is 0 Å². The zero-order valence-electron chi connectivity index (χ0n) is 14.9. The minimum Gasteiger partial charge on any atom is -0.465 e. The normalized spacial score (nSPS) is 21.8. The SMILES string of the molecule is CCOC(=O)[C@@H]1CCCN1S(=O)(=O)c1ccc(N2CCC(=O)CC2)cc1. The molecule has 2 aliphatic heterocycles. The molecule has 2 heterocycles. The van der Waals surface area contributed by atoms with Crippen molar-refractivity contribution >= 4 is 27.5 Å². The van der Waals surface area contributed by atoms with Crippen LogP contribution in [0.1, 0.15) is 32.6 Å². The van der Waals surface area contributed by atoms with Gasteiger partial charge in [0.05, 0.1) is 11.5 Å². The van der Waals surface area contributed by atoms with Crippen LogP contribution in [0.25, 0.3) is 0 Å². The molecule has 2 aliphatic rings. The molecule has 0 bridgehead atoms. The van der Waals surface area contributed by atoms with Gasteiger partial charge in [-0.15, -0.1) is 0 Å². The average molecular weight is 380 g/mol. The molecule has 0 radical (unpaired) electrons. The van der Waals surface area contributed by atoms with Gasteiger partial charge < -0.3 is 9.64 Å². The topological polar surface area (TPSA) is 84.0 Å². The highest BCUT2D eigenvalue weighted by molar-refractivity contribution is 7.89. The molecular weight excluding hydrogens is 356 g/mol. The molecule has 26 heavy (non-hydrogen) atoms. The van der Waals surface area contributed by atoms with E-state index in [0.29, 0.717) is 45.3 Å². The molecule has 8 heteroatoms. The highest BCUT2D eigenvalue weighted by atomic mass is 32.2. The molecule has 2 saturated heterocycles. The van der Waals surface area contributed by atoms with Crippen LogP contribution in [0.15, 0.2) is 29.2 Å². The lowest BCUT2D eigenvalue weighted by Crippen LogP contribution is -2.41. The van der Waals surface area contributed by atoms with Crippen molar-refractivity contribution in [3.63, 3.8) is 0 Å². The van der Waals surface area contributed by atoms with Gasteiger partial charge in [0.15, 0.2) is 0 Å². The van der Waals surface area contributed by atoms with Crippen molar-refractivity contribution in [1.82, 2.24) is 4.31 Å². The molecule has 2 fully saturated rings. The summed E-state index contributed by atoms with van der Waals surface area (Å²) in [5.41, 5.74) is 0.903. The Morgan fingerprint density at radius 3 is 2.42 bits per heavy atom. The van der Waals surface area contributed by atoms with Crippen LogP contribution in [-0.4, -0.2) is 56.8 Å². The predicted octanol–water partition coefficient (Wildman–Crippen LogP) is 1.57. The van der Waals surface area contributed by atoms with Crippen LogP contribution < -0.4 is 4.90 Å². The number of hydrogen-bond donors (Lipinski definition) is 0. The maximum atomic E-state index is 12.9. The second kappa shape index (κ2) is 7.75. The van der Waals surface area contributed by atoms with Crippen molar-refractivity contribution in [2.24, 2.45) is 0 Å². The van der Waals surface area contributed by atoms with Crippen molar-refractivity contribution < 1.29 is 22.7 Å². The molecular formula is C18H24N2O5S. The van der Waals surface area contributed by atoms with E-state index in [2.05, 4.69) is 4.90 Å². The molecule has 1 aromatic carbocycles. The van der Waals surface area contributed by atoms with Gasteiger partial charge in [-0.1, -0.05) is 0 Å². The molecule has 3 rings (SSSR count). The fourth-order valence-electron chi connectivity index (χ4n) is 3.48. The highest BCUT2D eigenvalue weighted by Gasteiger charge is 2.40. The van der Waals surface area contributed by atoms with Crippen molar-refractivity contribution in [2.75, 3.05) is 31.1 Å². The number of sulfonamides is 1. The first-order valence-electron chi connectivity index (χ1n) is 8.98. The van der Waals surface area contributed by atoms with Gasteiger partial charge in [-0.05, 0) is 44.0 Å². The summed E-state index contributed by atoms with van der Waals surface area (Å²) in [5.74, 6) is -0.220. The van der Waals surface area contributed by atoms with E-state index in [1.165, 1.54) is 4.31 Å². The number of carbonyl (C=O) groups is 2. The van der Waals surface area contributed by atoms with Crippen molar-refractivity contribution in [2.45, 2.75) is 43.5 Å². The zero-order chi connectivity index (χ0) is 18.7. The zero-order valence-corrected chi connectivity index (χ0v) is 15.7. The van der Waals surface area contributed by atoms with Crippen LogP contribution in [0.4, 0.5) is 5.69 Å². The Bertz CT molecular complexity index is 765. The quantitative estimate of drug-likeness (QED) is 0.721. The number of benzene rings is 1. The summed E-state index contributed by atoms with van der Waals surface area (Å²) >= 11 is 0. The van der Waals surface area contributed by atoms with E-state index in [-0.39, 0.29) is 17.3 Å². The summed E-state index contributed by atoms with van der Waals surface area (Å²) < 4.78 is 32.2. The maximum absolute atomic E-state index is 12.9. The minimum absolute atomic E-state index is 0.172. The first-order chi connectivity index (χ1) is 12.4. The Morgan fingerprint density at radius 2 is 1.81 bits per heavy atom. The third kappa shape index (κ3) is 3.76. The number of nitrogens with zero attached hydrogens (tertiary/aromatic N) is 2. The van der Waals surface area contributed by atoms with Crippen LogP contribution >= 0.6 is 0 Å². The molecule has 0 saturated carbocycles. The Morgan fingerprint density at radius 1 is 1.15 bits per heavy atom. The summed E-state index contributed by atoms with van der Waals surface area (Å²) in [6.45, 7) is 3.57. The number of rotatable bonds is 5. The van der Waals surface area contributed by atoms with Crippen molar-refractivity contribution in [3.05, 3.63) is 24.3 Å². The third-order valence-corrected chi connectivity index (χ3v) is 6.81. The van der Waals surface area contributed by atoms with Gasteiger partial charge >= 0.3 is 5.97 Å². The largest absolute Gasteiger partial charge is 0.465 e. The van der Waals surface area contributed by atoms with Crippen LogP contribution in [0.2, 0.25) is 0 Å². The van der Waals surface area contributed by atoms with Gasteiger partial charge in [-0.25, -0.2) is 8.42 Å². The molecule has 0 spiro atoms. The summed E-state index contributed by atoms with van der Waals surface area (Å²) in [5, 5.41) is 0. The standard InChI is InChI=1S/C18H24N2O5S/c1-2-25-18(22)17-4-3-11-20(17)26(23,24)16-7-5-14(6-8-16)19-12-9-15(21)10-13-19/h5-8,17H,2-4,9-13H2,1H3/t17-/m0/s1. The number of Topliss-reactive ketones (excluding diaryl/α,β-unsaturated/α-hetero) is 1. The van der Waals surface area contributed by atoms with Crippen LogP contribution in [0.3, 0.4) is 0 Å².